The molecule has 0 aliphatic rings. The summed E-state index contributed by atoms with van der Waals surface area (Å²) in [5.41, 5.74) is 0.228. The second-order valence-corrected chi connectivity index (χ2v) is 5.28. The Labute approximate surface area is 144 Å². The van der Waals surface area contributed by atoms with Gasteiger partial charge in [-0.3, -0.25) is 14.9 Å². The lowest BCUT2D eigenvalue weighted by molar-refractivity contribution is -0.385. The van der Waals surface area contributed by atoms with Gasteiger partial charge >= 0.3 is 0 Å². The van der Waals surface area contributed by atoms with E-state index in [1.165, 1.54) is 6.07 Å². The summed E-state index contributed by atoms with van der Waals surface area (Å²) in [7, 11) is 0. The molecule has 2 rings (SSSR count). The lowest BCUT2D eigenvalue weighted by Crippen LogP contribution is -2.27. The molecule has 0 spiro atoms. The fourth-order valence-electron chi connectivity index (χ4n) is 2.23. The van der Waals surface area contributed by atoms with Crippen LogP contribution in [0, 0.1) is 21.4 Å². The molecule has 0 bridgehead atoms. The molecule has 2 aromatic carbocycles. The number of phenols is 1. The van der Waals surface area contributed by atoms with Crippen molar-refractivity contribution in [3.05, 3.63) is 75.3 Å². The largest absolute Gasteiger partial charge is 0.508 e. The topological polar surface area (TPSA) is 116 Å². The van der Waals surface area contributed by atoms with Gasteiger partial charge < -0.3 is 10.4 Å². The number of amides is 1. The van der Waals surface area contributed by atoms with E-state index in [1.807, 2.05) is 30.3 Å². The van der Waals surface area contributed by atoms with E-state index in [4.69, 9.17) is 0 Å². The Balaban J connectivity index is 2.29. The number of nitro benzene ring substituents is 1. The van der Waals surface area contributed by atoms with Gasteiger partial charge in [-0.1, -0.05) is 30.3 Å². The van der Waals surface area contributed by atoms with Crippen LogP contribution in [-0.4, -0.2) is 15.9 Å². The van der Waals surface area contributed by atoms with E-state index in [2.05, 4.69) is 5.32 Å². The van der Waals surface area contributed by atoms with Gasteiger partial charge in [-0.15, -0.1) is 0 Å². The molecule has 25 heavy (non-hydrogen) atoms. The van der Waals surface area contributed by atoms with Gasteiger partial charge in [0.2, 0.25) is 0 Å². The van der Waals surface area contributed by atoms with Gasteiger partial charge in [0.15, 0.2) is 0 Å². The van der Waals surface area contributed by atoms with Crippen molar-refractivity contribution >= 4 is 17.7 Å². The van der Waals surface area contributed by atoms with Crippen LogP contribution in [0.3, 0.4) is 0 Å². The predicted molar refractivity (Wildman–Crippen MR) is 91.4 cm³/mol. The lowest BCUT2D eigenvalue weighted by Gasteiger charge is -2.13. The second kappa shape index (κ2) is 7.75. The van der Waals surface area contributed by atoms with Crippen LogP contribution in [0.15, 0.2) is 54.1 Å². The molecule has 2 N–H and O–H groups in total. The van der Waals surface area contributed by atoms with Gasteiger partial charge in [0.25, 0.3) is 11.6 Å². The van der Waals surface area contributed by atoms with E-state index in [0.717, 1.165) is 23.8 Å². The first-order valence-electron chi connectivity index (χ1n) is 7.37. The number of hydrogen-bond acceptors (Lipinski definition) is 5. The number of benzene rings is 2. The molecular weight excluding hydrogens is 322 g/mol. The molecule has 0 radical (unpaired) electrons. The Hall–Kier alpha value is -3.66. The van der Waals surface area contributed by atoms with E-state index < -0.39 is 10.8 Å². The molecule has 0 saturated heterocycles. The van der Waals surface area contributed by atoms with Crippen LogP contribution in [0.2, 0.25) is 0 Å². The Kier molecular flexibility index (Phi) is 5.48. The summed E-state index contributed by atoms with van der Waals surface area (Å²) in [6.45, 7) is 1.76. The van der Waals surface area contributed by atoms with Gasteiger partial charge in [-0.05, 0) is 30.7 Å². The number of hydrogen-bond donors (Lipinski definition) is 2. The predicted octanol–water partition coefficient (Wildman–Crippen LogP) is 3.08. The van der Waals surface area contributed by atoms with E-state index in [-0.39, 0.29) is 28.6 Å². The number of carbonyl (C=O) groups excluding carboxylic acids is 1. The Bertz CT molecular complexity index is 870. The molecule has 1 atom stereocenters. The van der Waals surface area contributed by atoms with Crippen LogP contribution in [-0.2, 0) is 4.79 Å². The average Bonchev–Trinajstić information content (AvgIpc) is 2.60. The van der Waals surface area contributed by atoms with Crippen LogP contribution >= 0.6 is 0 Å². The smallest absolute Gasteiger partial charge is 0.276 e. The first-order chi connectivity index (χ1) is 11.9. The summed E-state index contributed by atoms with van der Waals surface area (Å²) in [5, 5.41) is 32.4. The molecule has 7 nitrogen and oxygen atoms in total. The van der Waals surface area contributed by atoms with Crippen molar-refractivity contribution in [2.45, 2.75) is 13.0 Å². The molecular formula is C18H15N3O4. The fourth-order valence-corrected chi connectivity index (χ4v) is 2.23. The fraction of sp³-hybridized carbons (Fsp3) is 0.111. The number of phenolic OH excluding ortho intramolecular Hbond substituents is 1. The summed E-state index contributed by atoms with van der Waals surface area (Å²) in [6, 6.07) is 14.0. The van der Waals surface area contributed by atoms with Gasteiger partial charge in [0.05, 0.1) is 16.5 Å². The van der Waals surface area contributed by atoms with Gasteiger partial charge in [-0.25, -0.2) is 0 Å². The number of rotatable bonds is 5. The standard InChI is InChI=1S/C18H15N3O4/c1-12(13-5-3-2-4-6-13)20-18(23)15(11-19)9-14-10-16(22)7-8-17(14)21(24)25/h2-10,12,22H,1H3,(H,20,23). The van der Waals surface area contributed by atoms with Crippen molar-refractivity contribution in [3.63, 3.8) is 0 Å². The zero-order chi connectivity index (χ0) is 18.4. The maximum atomic E-state index is 12.3. The highest BCUT2D eigenvalue weighted by molar-refractivity contribution is 6.02. The monoisotopic (exact) mass is 337 g/mol. The molecule has 1 unspecified atom stereocenters. The Morgan fingerprint density at radius 3 is 2.60 bits per heavy atom. The van der Waals surface area contributed by atoms with Crippen LogP contribution in [0.25, 0.3) is 6.08 Å². The normalized spacial score (nSPS) is 12.1. The Morgan fingerprint density at radius 1 is 1.32 bits per heavy atom. The first-order valence-corrected chi connectivity index (χ1v) is 7.37. The van der Waals surface area contributed by atoms with Gasteiger partial charge in [0, 0.05) is 6.07 Å². The third-order valence-corrected chi connectivity index (χ3v) is 3.52. The van der Waals surface area contributed by atoms with Crippen molar-refractivity contribution in [3.8, 4) is 11.8 Å². The molecule has 0 fully saturated rings. The van der Waals surface area contributed by atoms with Crippen LogP contribution < -0.4 is 5.32 Å². The molecule has 1 amide bonds. The quantitative estimate of drug-likeness (QED) is 0.376. The first kappa shape index (κ1) is 17.7. The molecule has 126 valence electrons. The van der Waals surface area contributed by atoms with E-state index in [9.17, 15) is 25.3 Å². The highest BCUT2D eigenvalue weighted by atomic mass is 16.6. The minimum atomic E-state index is -0.656. The highest BCUT2D eigenvalue weighted by Gasteiger charge is 2.17. The number of nitrogens with zero attached hydrogens (tertiary/aromatic N) is 2. The van der Waals surface area contributed by atoms with Crippen molar-refractivity contribution < 1.29 is 14.8 Å². The van der Waals surface area contributed by atoms with Crippen molar-refractivity contribution in [1.82, 2.24) is 5.32 Å². The summed E-state index contributed by atoms with van der Waals surface area (Å²) in [5.74, 6) is -0.858. The molecule has 0 heterocycles. The number of nitro groups is 1. The van der Waals surface area contributed by atoms with Crippen LogP contribution in [0.4, 0.5) is 5.69 Å². The molecule has 2 aromatic rings. The zero-order valence-electron chi connectivity index (χ0n) is 13.3. The van der Waals surface area contributed by atoms with E-state index >= 15 is 0 Å². The minimum absolute atomic E-state index is 0.0240. The summed E-state index contributed by atoms with van der Waals surface area (Å²) in [4.78, 5) is 22.7. The number of aromatic hydroxyl groups is 1. The molecule has 0 saturated carbocycles. The summed E-state index contributed by atoms with van der Waals surface area (Å²) < 4.78 is 0. The molecule has 0 aliphatic heterocycles. The SMILES string of the molecule is CC(NC(=O)C(C#N)=Cc1cc(O)ccc1[N+](=O)[O-])c1ccccc1. The third kappa shape index (κ3) is 4.42. The minimum Gasteiger partial charge on any atom is -0.508 e. The molecule has 7 heteroatoms. The van der Waals surface area contributed by atoms with E-state index in [1.54, 1.807) is 13.0 Å². The van der Waals surface area contributed by atoms with Gasteiger partial charge in [0.1, 0.15) is 17.4 Å². The highest BCUT2D eigenvalue weighted by Crippen LogP contribution is 2.25. The van der Waals surface area contributed by atoms with Crippen molar-refractivity contribution in [2.24, 2.45) is 0 Å². The van der Waals surface area contributed by atoms with Crippen molar-refractivity contribution in [2.75, 3.05) is 0 Å². The Morgan fingerprint density at radius 2 is 2.00 bits per heavy atom. The number of nitriles is 1. The summed E-state index contributed by atoms with van der Waals surface area (Å²) in [6.07, 6.45) is 1.09. The van der Waals surface area contributed by atoms with Crippen LogP contribution in [0.1, 0.15) is 24.1 Å². The number of carbonyl (C=O) groups is 1. The van der Waals surface area contributed by atoms with Gasteiger partial charge in [-0.2, -0.15) is 5.26 Å². The van der Waals surface area contributed by atoms with Crippen LogP contribution in [0.5, 0.6) is 5.75 Å². The maximum Gasteiger partial charge on any atom is 0.276 e. The van der Waals surface area contributed by atoms with Crippen molar-refractivity contribution in [1.29, 1.82) is 5.26 Å². The molecule has 0 aliphatic carbocycles. The summed E-state index contributed by atoms with van der Waals surface area (Å²) >= 11 is 0. The lowest BCUT2D eigenvalue weighted by atomic mass is 10.1. The zero-order valence-corrected chi connectivity index (χ0v) is 13.3. The average molecular weight is 337 g/mol. The third-order valence-electron chi connectivity index (χ3n) is 3.52. The number of nitrogens with one attached hydrogen (secondary N) is 1. The molecule has 0 aromatic heterocycles. The maximum absolute atomic E-state index is 12.3. The second-order valence-electron chi connectivity index (χ2n) is 5.28. The van der Waals surface area contributed by atoms with E-state index in [0.29, 0.717) is 0 Å².